The van der Waals surface area contributed by atoms with Crippen molar-refractivity contribution < 1.29 is 23.1 Å². The van der Waals surface area contributed by atoms with Gasteiger partial charge >= 0.3 is 5.97 Å². The molecule has 0 spiro atoms. The number of hydrogen-bond acceptors (Lipinski definition) is 8. The summed E-state index contributed by atoms with van der Waals surface area (Å²) in [5, 5.41) is 12.3. The van der Waals surface area contributed by atoms with E-state index in [1.807, 2.05) is 13.0 Å². The number of nitrogens with one attached hydrogen (secondary N) is 2. The lowest BCUT2D eigenvalue weighted by Crippen LogP contribution is -2.16. The van der Waals surface area contributed by atoms with Crippen LogP contribution in [0.25, 0.3) is 11.2 Å². The number of nitrogens with zero attached hydrogens (tertiary/aromatic N) is 3. The van der Waals surface area contributed by atoms with Crippen molar-refractivity contribution in [1.29, 1.82) is 0 Å². The minimum Gasteiger partial charge on any atom is -0.497 e. The summed E-state index contributed by atoms with van der Waals surface area (Å²) in [7, 11) is -2.64. The number of hydrogen-bond donors (Lipinski definition) is 3. The van der Waals surface area contributed by atoms with Gasteiger partial charge in [-0.15, -0.1) is 0 Å². The molecule has 0 radical (unpaired) electrons. The van der Waals surface area contributed by atoms with Crippen molar-refractivity contribution in [2.24, 2.45) is 0 Å². The Hall–Kier alpha value is -4.25. The van der Waals surface area contributed by atoms with Crippen molar-refractivity contribution in [3.05, 3.63) is 71.9 Å². The van der Waals surface area contributed by atoms with E-state index < -0.39 is 16.0 Å². The Labute approximate surface area is 189 Å². The smallest absolute Gasteiger partial charge is 0.335 e. The second-order valence-electron chi connectivity index (χ2n) is 7.01. The summed E-state index contributed by atoms with van der Waals surface area (Å²) >= 11 is 0. The second kappa shape index (κ2) is 8.71. The molecule has 2 aromatic carbocycles. The molecule has 10 nitrogen and oxygen atoms in total. The highest BCUT2D eigenvalue weighted by molar-refractivity contribution is 7.92. The minimum absolute atomic E-state index is 0.0934. The topological polar surface area (TPSA) is 143 Å². The second-order valence-corrected chi connectivity index (χ2v) is 8.69. The van der Waals surface area contributed by atoms with Gasteiger partial charge in [0.1, 0.15) is 11.3 Å². The van der Waals surface area contributed by atoms with Gasteiger partial charge in [-0.2, -0.15) is 0 Å². The normalized spacial score (nSPS) is 11.2. The van der Waals surface area contributed by atoms with Gasteiger partial charge in [-0.3, -0.25) is 4.72 Å². The Morgan fingerprint density at radius 3 is 2.61 bits per heavy atom. The van der Waals surface area contributed by atoms with Crippen molar-refractivity contribution in [3.63, 3.8) is 0 Å². The van der Waals surface area contributed by atoms with Crippen LogP contribution in [0.5, 0.6) is 5.75 Å². The zero-order chi connectivity index (χ0) is 23.6. The summed E-state index contributed by atoms with van der Waals surface area (Å²) in [6, 6.07) is 13.8. The molecule has 0 saturated heterocycles. The molecule has 3 N–H and O–H groups in total. The number of benzene rings is 2. The van der Waals surface area contributed by atoms with Gasteiger partial charge in [0.15, 0.2) is 17.3 Å². The molecule has 0 aliphatic rings. The predicted molar refractivity (Wildman–Crippen MR) is 123 cm³/mol. The van der Waals surface area contributed by atoms with Crippen LogP contribution < -0.4 is 14.8 Å². The van der Waals surface area contributed by atoms with Crippen LogP contribution in [-0.2, 0) is 10.0 Å². The first-order valence-electron chi connectivity index (χ1n) is 9.67. The predicted octanol–water partition coefficient (Wildman–Crippen LogP) is 3.58. The maximum absolute atomic E-state index is 13.0. The maximum atomic E-state index is 13.0. The molecule has 0 fully saturated rings. The zero-order valence-electron chi connectivity index (χ0n) is 17.6. The summed E-state index contributed by atoms with van der Waals surface area (Å²) < 4.78 is 33.8. The van der Waals surface area contributed by atoms with Gasteiger partial charge in [-0.1, -0.05) is 12.1 Å². The summed E-state index contributed by atoms with van der Waals surface area (Å²) in [6.07, 6.45) is 1.52. The quantitative estimate of drug-likeness (QED) is 0.373. The van der Waals surface area contributed by atoms with E-state index in [0.717, 1.165) is 11.6 Å². The third-order valence-corrected chi connectivity index (χ3v) is 6.10. The third kappa shape index (κ3) is 4.67. The molecule has 33 heavy (non-hydrogen) atoms. The number of carboxylic acid groups (broad SMARTS) is 1. The maximum Gasteiger partial charge on any atom is 0.335 e. The van der Waals surface area contributed by atoms with Gasteiger partial charge in [0.2, 0.25) is 0 Å². The van der Waals surface area contributed by atoms with E-state index >= 15 is 0 Å². The number of aromatic nitrogens is 3. The molecular weight excluding hydrogens is 446 g/mol. The molecule has 11 heteroatoms. The molecule has 168 valence electrons. The van der Waals surface area contributed by atoms with E-state index in [4.69, 9.17) is 4.74 Å². The molecule has 2 aromatic heterocycles. The third-order valence-electron chi connectivity index (χ3n) is 4.76. The van der Waals surface area contributed by atoms with E-state index in [1.54, 1.807) is 31.4 Å². The van der Waals surface area contributed by atoms with E-state index in [-0.39, 0.29) is 27.7 Å². The van der Waals surface area contributed by atoms with Crippen LogP contribution in [0.4, 0.5) is 17.3 Å². The monoisotopic (exact) mass is 465 g/mol. The molecule has 0 bridgehead atoms. The van der Waals surface area contributed by atoms with E-state index in [1.165, 1.54) is 24.4 Å². The SMILES string of the molecule is COc1ccc(C)c(Nc2nc3cccnc3nc2NS(=O)(=O)c2cccc(C(=O)O)c2)c1. The number of anilines is 3. The van der Waals surface area contributed by atoms with E-state index in [2.05, 4.69) is 25.0 Å². The summed E-state index contributed by atoms with van der Waals surface area (Å²) in [6.45, 7) is 1.87. The lowest BCUT2D eigenvalue weighted by Gasteiger charge is -2.15. The van der Waals surface area contributed by atoms with Crippen LogP contribution in [-0.4, -0.2) is 41.6 Å². The van der Waals surface area contributed by atoms with Gasteiger partial charge in [0, 0.05) is 18.0 Å². The number of ether oxygens (including phenoxy) is 1. The van der Waals surface area contributed by atoms with Crippen LogP contribution >= 0.6 is 0 Å². The van der Waals surface area contributed by atoms with E-state index in [9.17, 15) is 18.3 Å². The number of aryl methyl sites for hydroxylation is 1. The Bertz CT molecular complexity index is 1470. The van der Waals surface area contributed by atoms with Crippen LogP contribution in [0.3, 0.4) is 0 Å². The Morgan fingerprint density at radius 1 is 1.03 bits per heavy atom. The lowest BCUT2D eigenvalue weighted by molar-refractivity contribution is 0.0696. The number of fused-ring (bicyclic) bond motifs is 1. The highest BCUT2D eigenvalue weighted by Crippen LogP contribution is 2.30. The fourth-order valence-electron chi connectivity index (χ4n) is 3.03. The van der Waals surface area contributed by atoms with Gasteiger partial charge in [0.05, 0.1) is 17.6 Å². The molecule has 2 heterocycles. The molecule has 0 saturated carbocycles. The Kier molecular flexibility index (Phi) is 5.80. The van der Waals surface area contributed by atoms with Crippen LogP contribution in [0.15, 0.2) is 65.7 Å². The van der Waals surface area contributed by atoms with Crippen LogP contribution in [0, 0.1) is 6.92 Å². The number of methoxy groups -OCH3 is 1. The molecule has 0 atom stereocenters. The molecular formula is C22H19N5O5S. The fourth-order valence-corrected chi connectivity index (χ4v) is 4.08. The van der Waals surface area contributed by atoms with Gasteiger partial charge in [-0.25, -0.2) is 28.2 Å². The highest BCUT2D eigenvalue weighted by Gasteiger charge is 2.21. The van der Waals surface area contributed by atoms with Gasteiger partial charge in [-0.05, 0) is 48.9 Å². The number of rotatable bonds is 7. The first-order valence-corrected chi connectivity index (χ1v) is 11.2. The summed E-state index contributed by atoms with van der Waals surface area (Å²) in [5.41, 5.74) is 2.04. The van der Waals surface area contributed by atoms with Crippen molar-refractivity contribution >= 4 is 44.5 Å². The Balaban J connectivity index is 1.80. The largest absolute Gasteiger partial charge is 0.497 e. The minimum atomic E-state index is -4.18. The van der Waals surface area contributed by atoms with Gasteiger partial charge < -0.3 is 15.2 Å². The molecule has 4 aromatic rings. The number of pyridine rings is 1. The highest BCUT2D eigenvalue weighted by atomic mass is 32.2. The van der Waals surface area contributed by atoms with Crippen molar-refractivity contribution in [3.8, 4) is 5.75 Å². The number of carboxylic acids is 1. The first kappa shape index (κ1) is 22.0. The van der Waals surface area contributed by atoms with Crippen molar-refractivity contribution in [1.82, 2.24) is 15.0 Å². The number of carbonyl (C=O) groups is 1. The standard InChI is InChI=1S/C22H19N5O5S/c1-13-8-9-15(32-2)12-18(13)25-20-21(26-19-17(24-20)7-4-10-23-19)27-33(30,31)16-6-3-5-14(11-16)22(28)29/h3-12H,1-2H3,(H,24,25)(H,28,29)(H,23,26,27). The first-order chi connectivity index (χ1) is 15.8. The lowest BCUT2D eigenvalue weighted by atomic mass is 10.2. The molecule has 0 aliphatic heterocycles. The molecule has 0 aliphatic carbocycles. The fraction of sp³-hybridized carbons (Fsp3) is 0.0909. The summed E-state index contributed by atoms with van der Waals surface area (Å²) in [4.78, 5) is 24.0. The summed E-state index contributed by atoms with van der Waals surface area (Å²) in [5.74, 6) is -0.585. The van der Waals surface area contributed by atoms with Crippen LogP contribution in [0.1, 0.15) is 15.9 Å². The average molecular weight is 465 g/mol. The average Bonchev–Trinajstić information content (AvgIpc) is 2.80. The van der Waals surface area contributed by atoms with Gasteiger partial charge in [0.25, 0.3) is 10.0 Å². The zero-order valence-corrected chi connectivity index (χ0v) is 18.4. The van der Waals surface area contributed by atoms with Crippen molar-refractivity contribution in [2.45, 2.75) is 11.8 Å². The van der Waals surface area contributed by atoms with E-state index in [0.29, 0.717) is 17.0 Å². The molecule has 4 rings (SSSR count). The number of aromatic carboxylic acids is 1. The molecule has 0 amide bonds. The van der Waals surface area contributed by atoms with Crippen molar-refractivity contribution in [2.75, 3.05) is 17.1 Å². The number of sulfonamides is 1. The Morgan fingerprint density at radius 2 is 1.85 bits per heavy atom. The van der Waals surface area contributed by atoms with Crippen LogP contribution in [0.2, 0.25) is 0 Å². The molecule has 0 unspecified atom stereocenters.